The van der Waals surface area contributed by atoms with Gasteiger partial charge in [-0.1, -0.05) is 12.1 Å². The Morgan fingerprint density at radius 3 is 2.82 bits per heavy atom. The van der Waals surface area contributed by atoms with Crippen LogP contribution in [0.3, 0.4) is 0 Å². The molecule has 0 radical (unpaired) electrons. The van der Waals surface area contributed by atoms with Crippen LogP contribution >= 0.6 is 0 Å². The fourth-order valence-electron chi connectivity index (χ4n) is 4.87. The van der Waals surface area contributed by atoms with Gasteiger partial charge < -0.3 is 15.1 Å². The van der Waals surface area contributed by atoms with Gasteiger partial charge in [-0.15, -0.1) is 0 Å². The summed E-state index contributed by atoms with van der Waals surface area (Å²) in [5.74, 6) is -1.03. The number of halogens is 3. The fraction of sp³-hybridized carbons (Fsp3) is 0.375. The number of piperidine rings is 1. The van der Waals surface area contributed by atoms with E-state index in [4.69, 9.17) is 0 Å². The Bertz CT molecular complexity index is 1270. The van der Waals surface area contributed by atoms with Crippen molar-refractivity contribution in [1.29, 1.82) is 0 Å². The van der Waals surface area contributed by atoms with Crippen molar-refractivity contribution in [1.82, 2.24) is 19.6 Å². The van der Waals surface area contributed by atoms with Gasteiger partial charge in [0.25, 0.3) is 5.91 Å². The summed E-state index contributed by atoms with van der Waals surface area (Å²) >= 11 is 0. The molecule has 2 amide bonds. The normalized spacial score (nSPS) is 18.5. The smallest absolute Gasteiger partial charge is 0.355 e. The lowest BCUT2D eigenvalue weighted by molar-refractivity contribution is -0.196. The molecule has 1 N–H and O–H groups in total. The van der Waals surface area contributed by atoms with Crippen LogP contribution in [0.25, 0.3) is 10.9 Å². The van der Waals surface area contributed by atoms with Crippen LogP contribution in [0.15, 0.2) is 42.6 Å². The molecule has 2 aliphatic rings. The maximum Gasteiger partial charge on any atom is 0.408 e. The molecule has 7 nitrogen and oxygen atoms in total. The number of hydrogen-bond acceptors (Lipinski definition) is 4. The monoisotopic (exact) mass is 471 g/mol. The first-order valence-electron chi connectivity index (χ1n) is 11.2. The van der Waals surface area contributed by atoms with Gasteiger partial charge in [0, 0.05) is 31.2 Å². The Morgan fingerprint density at radius 1 is 1.21 bits per heavy atom. The third-order valence-electron chi connectivity index (χ3n) is 6.57. The molecule has 34 heavy (non-hydrogen) atoms. The lowest BCUT2D eigenvalue weighted by Crippen LogP contribution is -2.53. The van der Waals surface area contributed by atoms with Crippen LogP contribution in [0.1, 0.15) is 35.2 Å². The predicted molar refractivity (Wildman–Crippen MR) is 121 cm³/mol. The first-order valence-corrected chi connectivity index (χ1v) is 11.2. The Morgan fingerprint density at radius 2 is 2.03 bits per heavy atom. The van der Waals surface area contributed by atoms with Gasteiger partial charge in [0.15, 0.2) is 0 Å². The van der Waals surface area contributed by atoms with Gasteiger partial charge in [-0.3, -0.25) is 14.3 Å². The lowest BCUT2D eigenvalue weighted by Gasteiger charge is -2.37. The van der Waals surface area contributed by atoms with E-state index in [0.717, 1.165) is 27.1 Å². The van der Waals surface area contributed by atoms with E-state index in [1.807, 2.05) is 31.3 Å². The molecule has 0 spiro atoms. The number of aryl methyl sites for hydroxylation is 1. The van der Waals surface area contributed by atoms with E-state index in [1.54, 1.807) is 23.0 Å². The number of benzene rings is 2. The molecule has 2 aliphatic heterocycles. The van der Waals surface area contributed by atoms with Crippen LogP contribution < -0.4 is 5.32 Å². The van der Waals surface area contributed by atoms with Gasteiger partial charge in [-0.05, 0) is 49.1 Å². The third kappa shape index (κ3) is 3.97. The SMILES string of the molecule is Cn1ncc2cc(Nc3cccc4c3C(=O)N(CC(=O)N3CCCCC3C(F)(F)F)C4)ccc21. The highest BCUT2D eigenvalue weighted by Gasteiger charge is 2.46. The van der Waals surface area contributed by atoms with Crippen LogP contribution in [0.2, 0.25) is 0 Å². The summed E-state index contributed by atoms with van der Waals surface area (Å²) in [6, 6.07) is 9.34. The Labute approximate surface area is 194 Å². The molecule has 1 aromatic heterocycles. The zero-order valence-corrected chi connectivity index (χ0v) is 18.6. The number of carbonyl (C=O) groups is 2. The van der Waals surface area contributed by atoms with Crippen molar-refractivity contribution in [2.24, 2.45) is 7.05 Å². The number of aromatic nitrogens is 2. The van der Waals surface area contributed by atoms with Crippen LogP contribution in [0.4, 0.5) is 24.5 Å². The van der Waals surface area contributed by atoms with Crippen molar-refractivity contribution >= 4 is 34.1 Å². The molecular formula is C24H24F3N5O2. The van der Waals surface area contributed by atoms with E-state index in [-0.39, 0.29) is 32.0 Å². The predicted octanol–water partition coefficient (Wildman–Crippen LogP) is 4.22. The number of rotatable bonds is 4. The average Bonchev–Trinajstić information content (AvgIpc) is 3.33. The zero-order valence-electron chi connectivity index (χ0n) is 18.6. The molecular weight excluding hydrogens is 447 g/mol. The molecule has 178 valence electrons. The fourth-order valence-corrected chi connectivity index (χ4v) is 4.87. The van der Waals surface area contributed by atoms with Crippen molar-refractivity contribution in [2.75, 3.05) is 18.4 Å². The van der Waals surface area contributed by atoms with E-state index in [2.05, 4.69) is 10.4 Å². The third-order valence-corrected chi connectivity index (χ3v) is 6.57. The van der Waals surface area contributed by atoms with Crippen molar-refractivity contribution in [3.05, 3.63) is 53.7 Å². The highest BCUT2D eigenvalue weighted by Crippen LogP contribution is 2.34. The summed E-state index contributed by atoms with van der Waals surface area (Å²) in [5.41, 5.74) is 3.51. The number of carbonyl (C=O) groups excluding carboxylic acids is 2. The van der Waals surface area contributed by atoms with Crippen molar-refractivity contribution in [3.63, 3.8) is 0 Å². The molecule has 0 bridgehead atoms. The van der Waals surface area contributed by atoms with Crippen LogP contribution in [-0.4, -0.2) is 56.7 Å². The quantitative estimate of drug-likeness (QED) is 0.619. The second kappa shape index (κ2) is 8.34. The summed E-state index contributed by atoms with van der Waals surface area (Å²) in [5, 5.41) is 8.45. The molecule has 0 aliphatic carbocycles. The second-order valence-electron chi connectivity index (χ2n) is 8.81. The molecule has 0 saturated carbocycles. The van der Waals surface area contributed by atoms with E-state index in [1.165, 1.54) is 4.90 Å². The maximum atomic E-state index is 13.4. The highest BCUT2D eigenvalue weighted by molar-refractivity contribution is 6.05. The topological polar surface area (TPSA) is 70.5 Å². The number of nitrogens with zero attached hydrogens (tertiary/aromatic N) is 4. The van der Waals surface area contributed by atoms with Crippen LogP contribution in [0, 0.1) is 0 Å². The van der Waals surface area contributed by atoms with Crippen LogP contribution in [-0.2, 0) is 18.4 Å². The molecule has 1 atom stereocenters. The number of nitrogens with one attached hydrogen (secondary N) is 1. The first kappa shape index (κ1) is 22.2. The van der Waals surface area contributed by atoms with Gasteiger partial charge >= 0.3 is 6.18 Å². The minimum atomic E-state index is -4.47. The lowest BCUT2D eigenvalue weighted by atomic mass is 10.0. The Kier molecular flexibility index (Phi) is 5.45. The average molecular weight is 471 g/mol. The van der Waals surface area contributed by atoms with Gasteiger partial charge in [-0.2, -0.15) is 18.3 Å². The Balaban J connectivity index is 1.34. The van der Waals surface area contributed by atoms with Gasteiger partial charge in [0.2, 0.25) is 5.91 Å². The van der Waals surface area contributed by atoms with Gasteiger partial charge in [-0.25, -0.2) is 0 Å². The molecule has 1 fully saturated rings. The summed E-state index contributed by atoms with van der Waals surface area (Å²) in [4.78, 5) is 28.2. The number of amides is 2. The highest BCUT2D eigenvalue weighted by atomic mass is 19.4. The summed E-state index contributed by atoms with van der Waals surface area (Å²) in [6.07, 6.45) is -1.85. The molecule has 1 unspecified atom stereocenters. The summed E-state index contributed by atoms with van der Waals surface area (Å²) in [7, 11) is 1.86. The molecule has 2 aromatic carbocycles. The van der Waals surface area contributed by atoms with Crippen molar-refractivity contribution < 1.29 is 22.8 Å². The number of alkyl halides is 3. The zero-order chi connectivity index (χ0) is 24.0. The maximum absolute atomic E-state index is 13.4. The molecule has 3 heterocycles. The minimum Gasteiger partial charge on any atom is -0.355 e. The van der Waals surface area contributed by atoms with E-state index >= 15 is 0 Å². The molecule has 10 heteroatoms. The minimum absolute atomic E-state index is 0.0572. The molecule has 1 saturated heterocycles. The number of fused-ring (bicyclic) bond motifs is 2. The van der Waals surface area contributed by atoms with E-state index in [9.17, 15) is 22.8 Å². The number of likely N-dealkylation sites (tertiary alicyclic amines) is 1. The Hall–Kier alpha value is -3.56. The number of hydrogen-bond donors (Lipinski definition) is 1. The molecule has 5 rings (SSSR count). The van der Waals surface area contributed by atoms with Crippen molar-refractivity contribution in [3.8, 4) is 0 Å². The van der Waals surface area contributed by atoms with Gasteiger partial charge in [0.1, 0.15) is 12.6 Å². The number of anilines is 2. The first-order chi connectivity index (χ1) is 16.2. The summed E-state index contributed by atoms with van der Waals surface area (Å²) < 4.78 is 42.1. The standard InChI is InChI=1S/C24H24F3N5O2/c1-30-19-9-8-17(11-16(19)12-28-30)29-18-6-4-5-15-13-31(23(34)22(15)18)14-21(33)32-10-3-2-7-20(32)24(25,26)27/h4-6,8-9,11-12,20,29H,2-3,7,10,13-14H2,1H3. The van der Waals surface area contributed by atoms with E-state index < -0.39 is 18.1 Å². The van der Waals surface area contributed by atoms with Crippen LogP contribution in [0.5, 0.6) is 0 Å². The second-order valence-corrected chi connectivity index (χ2v) is 8.81. The van der Waals surface area contributed by atoms with E-state index in [0.29, 0.717) is 24.1 Å². The summed E-state index contributed by atoms with van der Waals surface area (Å²) in [6.45, 7) is -0.135. The van der Waals surface area contributed by atoms with Crippen molar-refractivity contribution in [2.45, 2.75) is 38.0 Å². The largest absolute Gasteiger partial charge is 0.408 e. The van der Waals surface area contributed by atoms with Gasteiger partial charge in [0.05, 0.1) is 23.0 Å². The molecule has 3 aromatic rings.